The minimum Gasteiger partial charge on any atom is -0.496 e. The zero-order chi connectivity index (χ0) is 11.7. The van der Waals surface area contributed by atoms with Crippen molar-refractivity contribution < 1.29 is 9.26 Å². The van der Waals surface area contributed by atoms with Gasteiger partial charge in [0.1, 0.15) is 5.75 Å². The Bertz CT molecular complexity index is 518. The molecule has 0 amide bonds. The Kier molecular flexibility index (Phi) is 2.56. The molecule has 0 radical (unpaired) electrons. The number of nitrogen functional groups attached to an aromatic ring is 1. The first-order valence-corrected chi connectivity index (χ1v) is 4.99. The van der Waals surface area contributed by atoms with E-state index < -0.39 is 0 Å². The number of methoxy groups -OCH3 is 1. The molecule has 0 atom stereocenters. The quantitative estimate of drug-likeness (QED) is 0.841. The fraction of sp³-hybridized carbons (Fsp3) is 0.250. The van der Waals surface area contributed by atoms with Crippen LogP contribution in [-0.4, -0.2) is 12.3 Å². The highest BCUT2D eigenvalue weighted by Crippen LogP contribution is 2.33. The lowest BCUT2D eigenvalue weighted by Crippen LogP contribution is -1.90. The van der Waals surface area contributed by atoms with Crippen molar-refractivity contribution in [2.45, 2.75) is 13.8 Å². The normalized spacial score (nSPS) is 10.4. The molecule has 2 N–H and O–H groups in total. The first-order chi connectivity index (χ1) is 7.61. The third-order valence-electron chi connectivity index (χ3n) is 2.61. The van der Waals surface area contributed by atoms with E-state index >= 15 is 0 Å². The lowest BCUT2D eigenvalue weighted by Gasteiger charge is -2.09. The molecule has 2 rings (SSSR count). The van der Waals surface area contributed by atoms with Gasteiger partial charge in [-0.15, -0.1) is 0 Å². The summed E-state index contributed by atoms with van der Waals surface area (Å²) in [6, 6.07) is 5.67. The monoisotopic (exact) mass is 218 g/mol. The molecule has 0 aliphatic heterocycles. The summed E-state index contributed by atoms with van der Waals surface area (Å²) in [5, 5.41) is 3.67. The van der Waals surface area contributed by atoms with Gasteiger partial charge in [0.05, 0.1) is 12.7 Å². The van der Waals surface area contributed by atoms with Crippen LogP contribution >= 0.6 is 0 Å². The molecule has 1 heterocycles. The van der Waals surface area contributed by atoms with Crippen molar-refractivity contribution >= 4 is 5.82 Å². The van der Waals surface area contributed by atoms with Crippen LogP contribution in [0.25, 0.3) is 11.3 Å². The fourth-order valence-electron chi connectivity index (χ4n) is 1.57. The van der Waals surface area contributed by atoms with Crippen LogP contribution in [0.5, 0.6) is 5.75 Å². The van der Waals surface area contributed by atoms with Crippen LogP contribution < -0.4 is 10.5 Å². The second-order valence-corrected chi connectivity index (χ2v) is 3.75. The van der Waals surface area contributed by atoms with Crippen molar-refractivity contribution in [1.82, 2.24) is 5.16 Å². The molecule has 0 saturated heterocycles. The Labute approximate surface area is 94.0 Å². The van der Waals surface area contributed by atoms with E-state index in [9.17, 15) is 0 Å². The topological polar surface area (TPSA) is 61.3 Å². The molecule has 0 saturated carbocycles. The summed E-state index contributed by atoms with van der Waals surface area (Å²) in [5.74, 6) is 1.76. The molecule has 84 valence electrons. The van der Waals surface area contributed by atoms with Gasteiger partial charge in [-0.25, -0.2) is 0 Å². The van der Waals surface area contributed by atoms with Gasteiger partial charge >= 0.3 is 0 Å². The van der Waals surface area contributed by atoms with Crippen LogP contribution in [0.3, 0.4) is 0 Å². The van der Waals surface area contributed by atoms with Crippen LogP contribution in [0.2, 0.25) is 0 Å². The molecule has 0 aliphatic carbocycles. The number of hydrogen-bond acceptors (Lipinski definition) is 4. The van der Waals surface area contributed by atoms with Crippen LogP contribution in [0.4, 0.5) is 5.82 Å². The second-order valence-electron chi connectivity index (χ2n) is 3.75. The van der Waals surface area contributed by atoms with Gasteiger partial charge in [0, 0.05) is 6.07 Å². The Morgan fingerprint density at radius 3 is 2.44 bits per heavy atom. The van der Waals surface area contributed by atoms with E-state index in [4.69, 9.17) is 15.0 Å². The third kappa shape index (κ3) is 1.74. The number of nitrogens with zero attached hydrogens (tertiary/aromatic N) is 1. The summed E-state index contributed by atoms with van der Waals surface area (Å²) in [6.07, 6.45) is 0. The van der Waals surface area contributed by atoms with Crippen molar-refractivity contribution in [3.63, 3.8) is 0 Å². The van der Waals surface area contributed by atoms with Crippen molar-refractivity contribution in [1.29, 1.82) is 0 Å². The summed E-state index contributed by atoms with van der Waals surface area (Å²) in [6.45, 7) is 4.08. The predicted molar refractivity (Wildman–Crippen MR) is 62.4 cm³/mol. The van der Waals surface area contributed by atoms with Gasteiger partial charge in [0.25, 0.3) is 0 Å². The molecular formula is C12H14N2O2. The van der Waals surface area contributed by atoms with E-state index in [-0.39, 0.29) is 0 Å². The van der Waals surface area contributed by atoms with Crippen LogP contribution in [0.1, 0.15) is 11.1 Å². The maximum Gasteiger partial charge on any atom is 0.172 e. The van der Waals surface area contributed by atoms with Gasteiger partial charge in [-0.05, 0) is 37.1 Å². The third-order valence-corrected chi connectivity index (χ3v) is 2.61. The van der Waals surface area contributed by atoms with E-state index in [1.165, 1.54) is 11.1 Å². The van der Waals surface area contributed by atoms with E-state index in [1.807, 2.05) is 26.0 Å². The number of benzene rings is 1. The van der Waals surface area contributed by atoms with E-state index in [0.717, 1.165) is 11.3 Å². The average molecular weight is 218 g/mol. The Morgan fingerprint density at radius 2 is 1.88 bits per heavy atom. The number of ether oxygens (including phenoxy) is 1. The van der Waals surface area contributed by atoms with Gasteiger partial charge < -0.3 is 15.0 Å². The Morgan fingerprint density at radius 1 is 1.19 bits per heavy atom. The smallest absolute Gasteiger partial charge is 0.172 e. The Hall–Kier alpha value is -1.97. The van der Waals surface area contributed by atoms with Crippen LogP contribution in [-0.2, 0) is 0 Å². The van der Waals surface area contributed by atoms with Gasteiger partial charge in [-0.2, -0.15) is 0 Å². The van der Waals surface area contributed by atoms with Crippen molar-refractivity contribution in [3.05, 3.63) is 29.3 Å². The van der Waals surface area contributed by atoms with Crippen molar-refractivity contribution in [3.8, 4) is 17.1 Å². The largest absolute Gasteiger partial charge is 0.496 e. The highest BCUT2D eigenvalue weighted by atomic mass is 16.5. The summed E-state index contributed by atoms with van der Waals surface area (Å²) in [4.78, 5) is 0. The van der Waals surface area contributed by atoms with Gasteiger partial charge in [0.15, 0.2) is 11.6 Å². The van der Waals surface area contributed by atoms with Crippen molar-refractivity contribution in [2.75, 3.05) is 12.8 Å². The number of anilines is 1. The number of rotatable bonds is 2. The van der Waals surface area contributed by atoms with Gasteiger partial charge in [0.2, 0.25) is 0 Å². The zero-order valence-electron chi connectivity index (χ0n) is 9.57. The van der Waals surface area contributed by atoms with Gasteiger partial charge in [-0.3, -0.25) is 0 Å². The first kappa shape index (κ1) is 10.5. The molecule has 16 heavy (non-hydrogen) atoms. The molecule has 4 nitrogen and oxygen atoms in total. The lowest BCUT2D eigenvalue weighted by molar-refractivity contribution is 0.406. The molecular weight excluding hydrogens is 204 g/mol. The highest BCUT2D eigenvalue weighted by Gasteiger charge is 2.12. The molecule has 0 aliphatic rings. The van der Waals surface area contributed by atoms with Crippen LogP contribution in [0.15, 0.2) is 22.7 Å². The first-order valence-electron chi connectivity index (χ1n) is 4.99. The molecule has 0 spiro atoms. The zero-order valence-corrected chi connectivity index (χ0v) is 9.57. The van der Waals surface area contributed by atoms with Crippen molar-refractivity contribution in [2.24, 2.45) is 0 Å². The van der Waals surface area contributed by atoms with E-state index in [1.54, 1.807) is 13.2 Å². The van der Waals surface area contributed by atoms with Gasteiger partial charge in [-0.1, -0.05) is 5.16 Å². The molecule has 0 unspecified atom stereocenters. The number of aryl methyl sites for hydroxylation is 2. The molecule has 0 bridgehead atoms. The maximum absolute atomic E-state index is 5.53. The SMILES string of the molecule is COc1cc(C)c(C)cc1-c1cc(N)no1. The van der Waals surface area contributed by atoms with E-state index in [0.29, 0.717) is 11.6 Å². The number of hydrogen-bond donors (Lipinski definition) is 1. The standard InChI is InChI=1S/C12H14N2O2/c1-7-4-9(10(15-3)5-8(7)2)11-6-12(13)14-16-11/h4-6H,1-3H3,(H2,13,14). The summed E-state index contributed by atoms with van der Waals surface area (Å²) < 4.78 is 10.4. The molecule has 1 aromatic carbocycles. The highest BCUT2D eigenvalue weighted by molar-refractivity contribution is 5.69. The Balaban J connectivity index is 2.59. The lowest BCUT2D eigenvalue weighted by atomic mass is 10.0. The summed E-state index contributed by atoms with van der Waals surface area (Å²) >= 11 is 0. The fourth-order valence-corrected chi connectivity index (χ4v) is 1.57. The second kappa shape index (κ2) is 3.89. The maximum atomic E-state index is 5.53. The minimum atomic E-state index is 0.371. The molecule has 2 aromatic rings. The summed E-state index contributed by atoms with van der Waals surface area (Å²) in [5.41, 5.74) is 8.75. The predicted octanol–water partition coefficient (Wildman–Crippen LogP) is 2.55. The molecule has 4 heteroatoms. The minimum absolute atomic E-state index is 0.371. The average Bonchev–Trinajstić information content (AvgIpc) is 2.68. The van der Waals surface area contributed by atoms with Crippen LogP contribution in [0, 0.1) is 13.8 Å². The van der Waals surface area contributed by atoms with E-state index in [2.05, 4.69) is 5.16 Å². The summed E-state index contributed by atoms with van der Waals surface area (Å²) in [7, 11) is 1.63. The number of aromatic nitrogens is 1. The molecule has 1 aromatic heterocycles. The number of nitrogens with two attached hydrogens (primary N) is 1. The molecule has 0 fully saturated rings.